The molecule has 0 atom stereocenters. The van der Waals surface area contributed by atoms with E-state index in [0.29, 0.717) is 10.3 Å². The molecule has 0 aliphatic carbocycles. The smallest absolute Gasteiger partial charge is 0.356 e. The van der Waals surface area contributed by atoms with E-state index in [-0.39, 0.29) is 0 Å². The van der Waals surface area contributed by atoms with Gasteiger partial charge in [0.2, 0.25) is 0 Å². The van der Waals surface area contributed by atoms with Gasteiger partial charge in [-0.05, 0) is 35.0 Å². The van der Waals surface area contributed by atoms with Crippen LogP contribution in [0, 0.1) is 6.92 Å². The number of benzene rings is 1. The molecule has 0 N–H and O–H groups in total. The molecule has 17 heavy (non-hydrogen) atoms. The van der Waals surface area contributed by atoms with E-state index in [1.165, 1.54) is 7.11 Å². The highest BCUT2D eigenvalue weighted by Gasteiger charge is 2.15. The maximum Gasteiger partial charge on any atom is 0.356 e. The van der Waals surface area contributed by atoms with Gasteiger partial charge < -0.3 is 4.74 Å². The zero-order valence-electron chi connectivity index (χ0n) is 9.48. The average Bonchev–Trinajstić information content (AvgIpc) is 2.71. The van der Waals surface area contributed by atoms with Crippen molar-refractivity contribution in [3.8, 4) is 5.69 Å². The van der Waals surface area contributed by atoms with E-state index in [4.69, 9.17) is 4.74 Å². The lowest BCUT2D eigenvalue weighted by Gasteiger charge is -2.05. The molecule has 1 aromatic carbocycles. The molecule has 4 nitrogen and oxygen atoms in total. The molecule has 0 aliphatic heterocycles. The van der Waals surface area contributed by atoms with Crippen LogP contribution in [0.25, 0.3) is 5.69 Å². The number of esters is 1. The number of aromatic nitrogens is 2. The normalized spacial score (nSPS) is 10.3. The standard InChI is InChI=1S/C12H11BrN2O2/c1-8-3-5-9(6-4-8)15-10(12(16)17-2)7-11(13)14-15/h3-7H,1-2H3. The van der Waals surface area contributed by atoms with Gasteiger partial charge >= 0.3 is 5.97 Å². The lowest BCUT2D eigenvalue weighted by Crippen LogP contribution is -2.10. The topological polar surface area (TPSA) is 44.1 Å². The van der Waals surface area contributed by atoms with Gasteiger partial charge in [-0.15, -0.1) is 0 Å². The maximum atomic E-state index is 11.6. The summed E-state index contributed by atoms with van der Waals surface area (Å²) in [4.78, 5) is 11.6. The molecule has 0 radical (unpaired) electrons. The summed E-state index contributed by atoms with van der Waals surface area (Å²) in [6.45, 7) is 2.00. The minimum Gasteiger partial charge on any atom is -0.464 e. The van der Waals surface area contributed by atoms with Crippen molar-refractivity contribution in [2.45, 2.75) is 6.92 Å². The molecule has 1 aromatic heterocycles. The number of methoxy groups -OCH3 is 1. The largest absolute Gasteiger partial charge is 0.464 e. The fraction of sp³-hybridized carbons (Fsp3) is 0.167. The first-order chi connectivity index (χ1) is 8.11. The van der Waals surface area contributed by atoms with Crippen LogP contribution in [0.2, 0.25) is 0 Å². The summed E-state index contributed by atoms with van der Waals surface area (Å²) in [5, 5.41) is 4.21. The number of aryl methyl sites for hydroxylation is 1. The first-order valence-electron chi connectivity index (χ1n) is 5.03. The Kier molecular flexibility index (Phi) is 3.28. The van der Waals surface area contributed by atoms with Crippen molar-refractivity contribution in [1.29, 1.82) is 0 Å². The predicted molar refractivity (Wildman–Crippen MR) is 67.3 cm³/mol. The summed E-state index contributed by atoms with van der Waals surface area (Å²) in [5.41, 5.74) is 2.37. The molecule has 5 heteroatoms. The van der Waals surface area contributed by atoms with Crippen LogP contribution in [0.3, 0.4) is 0 Å². The molecule has 1 heterocycles. The summed E-state index contributed by atoms with van der Waals surface area (Å²) in [5.74, 6) is -0.413. The molecule has 2 aromatic rings. The van der Waals surface area contributed by atoms with E-state index in [2.05, 4.69) is 21.0 Å². The Morgan fingerprint density at radius 3 is 2.59 bits per heavy atom. The molecular weight excluding hydrogens is 284 g/mol. The average molecular weight is 295 g/mol. The van der Waals surface area contributed by atoms with Crippen LogP contribution < -0.4 is 0 Å². The predicted octanol–water partition coefficient (Wildman–Crippen LogP) is 2.73. The number of hydrogen-bond acceptors (Lipinski definition) is 3. The Bertz CT molecular complexity index is 546. The zero-order valence-corrected chi connectivity index (χ0v) is 11.1. The molecule has 0 bridgehead atoms. The lowest BCUT2D eigenvalue weighted by atomic mass is 10.2. The second kappa shape index (κ2) is 4.71. The summed E-state index contributed by atoms with van der Waals surface area (Å²) in [6, 6.07) is 9.37. The molecule has 0 saturated carbocycles. The van der Waals surface area contributed by atoms with Gasteiger partial charge in [-0.25, -0.2) is 9.48 Å². The number of ether oxygens (including phenoxy) is 1. The van der Waals surface area contributed by atoms with E-state index in [0.717, 1.165) is 11.3 Å². The van der Waals surface area contributed by atoms with Crippen molar-refractivity contribution in [3.05, 3.63) is 46.2 Å². The number of nitrogens with zero attached hydrogens (tertiary/aromatic N) is 2. The fourth-order valence-corrected chi connectivity index (χ4v) is 1.86. The van der Waals surface area contributed by atoms with Gasteiger partial charge in [0.05, 0.1) is 12.8 Å². The van der Waals surface area contributed by atoms with Crippen LogP contribution in [0.4, 0.5) is 0 Å². The number of halogens is 1. The molecule has 0 unspecified atom stereocenters. The minimum absolute atomic E-state index is 0.392. The van der Waals surface area contributed by atoms with Crippen LogP contribution in [-0.4, -0.2) is 22.9 Å². The van der Waals surface area contributed by atoms with Crippen molar-refractivity contribution in [1.82, 2.24) is 9.78 Å². The second-order valence-electron chi connectivity index (χ2n) is 3.59. The van der Waals surface area contributed by atoms with Crippen molar-refractivity contribution in [2.24, 2.45) is 0 Å². The van der Waals surface area contributed by atoms with Gasteiger partial charge in [-0.3, -0.25) is 0 Å². The van der Waals surface area contributed by atoms with Crippen molar-refractivity contribution >= 4 is 21.9 Å². The summed E-state index contributed by atoms with van der Waals surface area (Å²) >= 11 is 3.25. The van der Waals surface area contributed by atoms with Gasteiger partial charge in [-0.2, -0.15) is 5.10 Å². The third-order valence-electron chi connectivity index (χ3n) is 2.35. The fourth-order valence-electron chi connectivity index (χ4n) is 1.48. The molecule has 0 fully saturated rings. The maximum absolute atomic E-state index is 11.6. The highest BCUT2D eigenvalue weighted by atomic mass is 79.9. The first-order valence-corrected chi connectivity index (χ1v) is 5.82. The van der Waals surface area contributed by atoms with Crippen LogP contribution in [-0.2, 0) is 4.74 Å². The van der Waals surface area contributed by atoms with Crippen LogP contribution in [0.5, 0.6) is 0 Å². The van der Waals surface area contributed by atoms with Crippen LogP contribution in [0.1, 0.15) is 16.1 Å². The number of carbonyl (C=O) groups is 1. The molecule has 0 spiro atoms. The minimum atomic E-state index is -0.413. The van der Waals surface area contributed by atoms with Gasteiger partial charge in [0.25, 0.3) is 0 Å². The quantitative estimate of drug-likeness (QED) is 0.800. The Balaban J connectivity index is 2.51. The first kappa shape index (κ1) is 11.9. The van der Waals surface area contributed by atoms with E-state index in [9.17, 15) is 4.79 Å². The highest BCUT2D eigenvalue weighted by Crippen LogP contribution is 2.17. The second-order valence-corrected chi connectivity index (χ2v) is 4.40. The Hall–Kier alpha value is -1.62. The molecule has 0 amide bonds. The van der Waals surface area contributed by atoms with Crippen molar-refractivity contribution in [2.75, 3.05) is 7.11 Å². The Morgan fingerprint density at radius 1 is 1.35 bits per heavy atom. The van der Waals surface area contributed by atoms with Gasteiger partial charge in [0.15, 0.2) is 5.69 Å². The van der Waals surface area contributed by atoms with Crippen molar-refractivity contribution < 1.29 is 9.53 Å². The van der Waals surface area contributed by atoms with Gasteiger partial charge in [0.1, 0.15) is 4.60 Å². The lowest BCUT2D eigenvalue weighted by molar-refractivity contribution is 0.0590. The SMILES string of the molecule is COC(=O)c1cc(Br)nn1-c1ccc(C)cc1. The molecule has 2 rings (SSSR count). The monoisotopic (exact) mass is 294 g/mol. The van der Waals surface area contributed by atoms with Gasteiger partial charge in [0, 0.05) is 6.07 Å². The zero-order chi connectivity index (χ0) is 12.4. The molecule has 88 valence electrons. The number of hydrogen-bond donors (Lipinski definition) is 0. The van der Waals surface area contributed by atoms with E-state index in [1.54, 1.807) is 10.7 Å². The van der Waals surface area contributed by atoms with E-state index in [1.807, 2.05) is 31.2 Å². The number of rotatable bonds is 2. The highest BCUT2D eigenvalue weighted by molar-refractivity contribution is 9.10. The van der Waals surface area contributed by atoms with E-state index >= 15 is 0 Å². The third kappa shape index (κ3) is 2.39. The number of carbonyl (C=O) groups excluding carboxylic acids is 1. The molecular formula is C12H11BrN2O2. The van der Waals surface area contributed by atoms with E-state index < -0.39 is 5.97 Å². The van der Waals surface area contributed by atoms with Crippen molar-refractivity contribution in [3.63, 3.8) is 0 Å². The molecule has 0 aliphatic rings. The Labute approximate surface area is 107 Å². The van der Waals surface area contributed by atoms with Crippen LogP contribution in [0.15, 0.2) is 34.9 Å². The van der Waals surface area contributed by atoms with Gasteiger partial charge in [-0.1, -0.05) is 17.7 Å². The Morgan fingerprint density at radius 2 is 2.00 bits per heavy atom. The summed E-state index contributed by atoms with van der Waals surface area (Å²) < 4.78 is 6.86. The summed E-state index contributed by atoms with van der Waals surface area (Å²) in [6.07, 6.45) is 0. The third-order valence-corrected chi connectivity index (χ3v) is 2.74. The molecule has 0 saturated heterocycles. The van der Waals surface area contributed by atoms with Crippen LogP contribution >= 0.6 is 15.9 Å². The summed E-state index contributed by atoms with van der Waals surface area (Å²) in [7, 11) is 1.35.